The maximum Gasteiger partial charge on any atom is 0.154 e. The molecule has 0 N–H and O–H groups in total. The van der Waals surface area contributed by atoms with E-state index in [0.717, 1.165) is 0 Å². The topological polar surface area (TPSA) is 43.4 Å². The Balaban J connectivity index is 2.44. The van der Waals surface area contributed by atoms with Gasteiger partial charge in [-0.05, 0) is 5.92 Å². The molecule has 0 radical (unpaired) electrons. The standard InChI is InChI=1S/C8H15BrO3S/c1-6(2)3-12-8-5-13(10,11)4-7(8)9/h6-8H,3-5H2,1-2H3. The lowest BCUT2D eigenvalue weighted by molar-refractivity contribution is 0.0563. The Morgan fingerprint density at radius 3 is 2.46 bits per heavy atom. The Labute approximate surface area is 87.9 Å². The zero-order valence-corrected chi connectivity index (χ0v) is 10.3. The quantitative estimate of drug-likeness (QED) is 0.725. The SMILES string of the molecule is CC(C)COC1CS(=O)(=O)CC1Br. The Morgan fingerprint density at radius 2 is 2.08 bits per heavy atom. The molecule has 0 aromatic carbocycles. The van der Waals surface area contributed by atoms with Crippen LogP contribution in [-0.4, -0.2) is 37.5 Å². The van der Waals surface area contributed by atoms with Gasteiger partial charge >= 0.3 is 0 Å². The molecule has 1 saturated heterocycles. The van der Waals surface area contributed by atoms with E-state index >= 15 is 0 Å². The predicted molar refractivity (Wildman–Crippen MR) is 55.9 cm³/mol. The molecule has 1 aliphatic rings. The molecule has 0 aliphatic carbocycles. The van der Waals surface area contributed by atoms with Crippen LogP contribution in [-0.2, 0) is 14.6 Å². The van der Waals surface area contributed by atoms with Crippen LogP contribution in [0.4, 0.5) is 0 Å². The van der Waals surface area contributed by atoms with Gasteiger partial charge < -0.3 is 4.74 Å². The first-order chi connectivity index (χ1) is 5.91. The van der Waals surface area contributed by atoms with Gasteiger partial charge in [-0.2, -0.15) is 0 Å². The van der Waals surface area contributed by atoms with Crippen molar-refractivity contribution in [3.8, 4) is 0 Å². The molecule has 2 unspecified atom stereocenters. The fourth-order valence-corrected chi connectivity index (χ4v) is 4.70. The largest absolute Gasteiger partial charge is 0.376 e. The summed E-state index contributed by atoms with van der Waals surface area (Å²) in [6.45, 7) is 4.72. The molecule has 1 heterocycles. The third-order valence-corrected chi connectivity index (χ3v) is 4.92. The highest BCUT2D eigenvalue weighted by Gasteiger charge is 2.36. The molecular formula is C8H15BrO3S. The third kappa shape index (κ3) is 3.56. The van der Waals surface area contributed by atoms with Gasteiger partial charge in [0.15, 0.2) is 9.84 Å². The monoisotopic (exact) mass is 270 g/mol. The van der Waals surface area contributed by atoms with Crippen LogP contribution in [0.3, 0.4) is 0 Å². The second-order valence-corrected chi connectivity index (χ2v) is 7.19. The fourth-order valence-electron chi connectivity index (χ4n) is 1.24. The van der Waals surface area contributed by atoms with E-state index in [-0.39, 0.29) is 22.4 Å². The zero-order valence-electron chi connectivity index (χ0n) is 7.86. The number of alkyl halides is 1. The molecular weight excluding hydrogens is 256 g/mol. The lowest BCUT2D eigenvalue weighted by atomic mass is 10.2. The summed E-state index contributed by atoms with van der Waals surface area (Å²) in [4.78, 5) is -0.0313. The molecule has 0 saturated carbocycles. The molecule has 0 amide bonds. The summed E-state index contributed by atoms with van der Waals surface area (Å²) in [7, 11) is -2.86. The van der Waals surface area contributed by atoms with Gasteiger partial charge in [-0.1, -0.05) is 29.8 Å². The highest BCUT2D eigenvalue weighted by atomic mass is 79.9. The van der Waals surface area contributed by atoms with Crippen LogP contribution in [0.15, 0.2) is 0 Å². The molecule has 1 aliphatic heterocycles. The summed E-state index contributed by atoms with van der Waals surface area (Å²) in [5, 5.41) is 0. The van der Waals surface area contributed by atoms with E-state index in [4.69, 9.17) is 4.74 Å². The first kappa shape index (κ1) is 11.5. The van der Waals surface area contributed by atoms with Crippen molar-refractivity contribution in [2.75, 3.05) is 18.1 Å². The first-order valence-corrected chi connectivity index (χ1v) is 7.10. The molecule has 1 fully saturated rings. The van der Waals surface area contributed by atoms with Crippen LogP contribution in [0.25, 0.3) is 0 Å². The molecule has 0 aromatic rings. The molecule has 3 nitrogen and oxygen atoms in total. The number of rotatable bonds is 3. The molecule has 0 aromatic heterocycles. The summed E-state index contributed by atoms with van der Waals surface area (Å²) < 4.78 is 27.9. The fraction of sp³-hybridized carbons (Fsp3) is 1.00. The van der Waals surface area contributed by atoms with Gasteiger partial charge in [0.05, 0.1) is 22.4 Å². The van der Waals surface area contributed by atoms with Crippen LogP contribution in [0.1, 0.15) is 13.8 Å². The number of halogens is 1. The first-order valence-electron chi connectivity index (χ1n) is 4.37. The maximum absolute atomic E-state index is 11.2. The molecule has 1 rings (SSSR count). The van der Waals surface area contributed by atoms with E-state index in [9.17, 15) is 8.42 Å². The number of sulfone groups is 1. The number of hydrogen-bond acceptors (Lipinski definition) is 3. The van der Waals surface area contributed by atoms with Gasteiger partial charge in [0.2, 0.25) is 0 Å². The van der Waals surface area contributed by atoms with Crippen LogP contribution < -0.4 is 0 Å². The van der Waals surface area contributed by atoms with Crippen molar-refractivity contribution >= 4 is 25.8 Å². The molecule has 0 bridgehead atoms. The Bertz CT molecular complexity index is 261. The Morgan fingerprint density at radius 1 is 1.46 bits per heavy atom. The minimum Gasteiger partial charge on any atom is -0.376 e. The van der Waals surface area contributed by atoms with Crippen molar-refractivity contribution < 1.29 is 13.2 Å². The van der Waals surface area contributed by atoms with Gasteiger partial charge in [-0.25, -0.2) is 8.42 Å². The summed E-state index contributed by atoms with van der Waals surface area (Å²) in [5.74, 6) is 0.814. The lowest BCUT2D eigenvalue weighted by Gasteiger charge is -2.14. The van der Waals surface area contributed by atoms with Crippen molar-refractivity contribution in [2.45, 2.75) is 24.8 Å². The van der Waals surface area contributed by atoms with E-state index < -0.39 is 9.84 Å². The van der Waals surface area contributed by atoms with Crippen molar-refractivity contribution in [2.24, 2.45) is 5.92 Å². The van der Waals surface area contributed by atoms with Crippen LogP contribution in [0, 0.1) is 5.92 Å². The van der Waals surface area contributed by atoms with Crippen molar-refractivity contribution in [1.29, 1.82) is 0 Å². The predicted octanol–water partition coefficient (Wildman–Crippen LogP) is 1.22. The average Bonchev–Trinajstić information content (AvgIpc) is 2.20. The molecule has 0 spiro atoms. The van der Waals surface area contributed by atoms with E-state index in [1.807, 2.05) is 13.8 Å². The van der Waals surface area contributed by atoms with Gasteiger partial charge in [0, 0.05) is 6.61 Å². The van der Waals surface area contributed by atoms with Crippen LogP contribution in [0.2, 0.25) is 0 Å². The van der Waals surface area contributed by atoms with Gasteiger partial charge in [-0.15, -0.1) is 0 Å². The highest BCUT2D eigenvalue weighted by Crippen LogP contribution is 2.22. The second kappa shape index (κ2) is 4.28. The van der Waals surface area contributed by atoms with E-state index in [1.165, 1.54) is 0 Å². The normalized spacial score (nSPS) is 32.6. The second-order valence-electron chi connectivity index (χ2n) is 3.86. The summed E-state index contributed by atoms with van der Waals surface area (Å²) >= 11 is 3.33. The van der Waals surface area contributed by atoms with Crippen molar-refractivity contribution in [3.63, 3.8) is 0 Å². The highest BCUT2D eigenvalue weighted by molar-refractivity contribution is 9.09. The smallest absolute Gasteiger partial charge is 0.154 e. The summed E-state index contributed by atoms with van der Waals surface area (Å²) in [6.07, 6.45) is -0.160. The van der Waals surface area contributed by atoms with E-state index in [2.05, 4.69) is 15.9 Å². The number of hydrogen-bond donors (Lipinski definition) is 0. The average molecular weight is 271 g/mol. The van der Waals surface area contributed by atoms with Crippen molar-refractivity contribution in [3.05, 3.63) is 0 Å². The number of ether oxygens (including phenoxy) is 1. The summed E-state index contributed by atoms with van der Waals surface area (Å²) in [6, 6.07) is 0. The Kier molecular flexibility index (Phi) is 3.77. The van der Waals surface area contributed by atoms with Crippen LogP contribution in [0.5, 0.6) is 0 Å². The minimum atomic E-state index is -2.86. The van der Waals surface area contributed by atoms with Gasteiger partial charge in [-0.3, -0.25) is 0 Å². The van der Waals surface area contributed by atoms with Crippen LogP contribution >= 0.6 is 15.9 Å². The molecule has 13 heavy (non-hydrogen) atoms. The Hall–Kier alpha value is 0.390. The minimum absolute atomic E-state index is 0.0313. The van der Waals surface area contributed by atoms with Crippen molar-refractivity contribution in [1.82, 2.24) is 0 Å². The molecule has 78 valence electrons. The zero-order chi connectivity index (χ0) is 10.1. The molecule has 2 atom stereocenters. The third-order valence-electron chi connectivity index (χ3n) is 1.88. The molecule has 5 heteroatoms. The van der Waals surface area contributed by atoms with Gasteiger partial charge in [0.1, 0.15) is 0 Å². The lowest BCUT2D eigenvalue weighted by Crippen LogP contribution is -2.24. The van der Waals surface area contributed by atoms with E-state index in [1.54, 1.807) is 0 Å². The summed E-state index contributed by atoms with van der Waals surface area (Å²) in [5.41, 5.74) is 0. The maximum atomic E-state index is 11.2. The van der Waals surface area contributed by atoms with E-state index in [0.29, 0.717) is 12.5 Å². The van der Waals surface area contributed by atoms with Gasteiger partial charge in [0.25, 0.3) is 0 Å².